The van der Waals surface area contributed by atoms with E-state index in [0.29, 0.717) is 5.92 Å². The number of para-hydroxylation sites is 1. The van der Waals surface area contributed by atoms with E-state index in [4.69, 9.17) is 9.47 Å². The molecule has 160 valence electrons. The fraction of sp³-hybridized carbons (Fsp3) is 0.524. The first-order valence-corrected chi connectivity index (χ1v) is 10.0. The van der Waals surface area contributed by atoms with E-state index < -0.39 is 0 Å². The van der Waals surface area contributed by atoms with Crippen LogP contribution >= 0.6 is 24.0 Å². The molecule has 29 heavy (non-hydrogen) atoms. The number of rotatable bonds is 10. The molecule has 0 saturated carbocycles. The molecule has 1 aromatic heterocycles. The number of pyridine rings is 1. The van der Waals surface area contributed by atoms with Gasteiger partial charge in [-0.1, -0.05) is 18.2 Å². The molecule has 1 aromatic carbocycles. The van der Waals surface area contributed by atoms with Crippen LogP contribution < -0.4 is 16.0 Å². The Morgan fingerprint density at radius 1 is 1.17 bits per heavy atom. The van der Waals surface area contributed by atoms with Gasteiger partial charge in [0.25, 0.3) is 0 Å². The van der Waals surface area contributed by atoms with E-state index in [1.807, 2.05) is 24.3 Å². The lowest BCUT2D eigenvalue weighted by molar-refractivity contribution is 0.0888. The maximum atomic E-state index is 5.71. The van der Waals surface area contributed by atoms with E-state index in [1.165, 1.54) is 0 Å². The molecule has 3 rings (SSSR count). The minimum Gasteiger partial charge on any atom is -0.381 e. The summed E-state index contributed by atoms with van der Waals surface area (Å²) in [6, 6.07) is 12.2. The average Bonchev–Trinajstić information content (AvgIpc) is 3.25. The highest BCUT2D eigenvalue weighted by Gasteiger charge is 2.15. The molecule has 0 aliphatic carbocycles. The van der Waals surface area contributed by atoms with E-state index in [0.717, 1.165) is 81.6 Å². The third-order valence-electron chi connectivity index (χ3n) is 4.68. The fourth-order valence-corrected chi connectivity index (χ4v) is 3.10. The predicted molar refractivity (Wildman–Crippen MR) is 129 cm³/mol. The Morgan fingerprint density at radius 2 is 2.03 bits per heavy atom. The van der Waals surface area contributed by atoms with Gasteiger partial charge in [0.2, 0.25) is 0 Å². The van der Waals surface area contributed by atoms with Gasteiger partial charge < -0.3 is 25.4 Å². The molecule has 2 heterocycles. The van der Waals surface area contributed by atoms with E-state index in [9.17, 15) is 0 Å². The Hall–Kier alpha value is -1.65. The molecule has 3 N–H and O–H groups in total. The number of guanidine groups is 1. The second kappa shape index (κ2) is 13.6. The van der Waals surface area contributed by atoms with Crippen LogP contribution in [0.1, 0.15) is 12.8 Å². The van der Waals surface area contributed by atoms with Crippen LogP contribution in [0.4, 0.5) is 5.82 Å². The summed E-state index contributed by atoms with van der Waals surface area (Å²) in [5.41, 5.74) is 1.00. The summed E-state index contributed by atoms with van der Waals surface area (Å²) in [5, 5.41) is 11.1. The summed E-state index contributed by atoms with van der Waals surface area (Å²) in [5.74, 6) is 2.26. The van der Waals surface area contributed by atoms with Gasteiger partial charge in [0, 0.05) is 51.2 Å². The van der Waals surface area contributed by atoms with Crippen LogP contribution in [0.25, 0.3) is 10.9 Å². The summed E-state index contributed by atoms with van der Waals surface area (Å²) in [7, 11) is 1.78. The minimum atomic E-state index is 0. The van der Waals surface area contributed by atoms with Gasteiger partial charge >= 0.3 is 0 Å². The average molecular weight is 513 g/mol. The van der Waals surface area contributed by atoms with Gasteiger partial charge in [-0.25, -0.2) is 4.98 Å². The highest BCUT2D eigenvalue weighted by molar-refractivity contribution is 14.0. The predicted octanol–water partition coefficient (Wildman–Crippen LogP) is 2.87. The van der Waals surface area contributed by atoms with Gasteiger partial charge in [-0.3, -0.25) is 4.99 Å². The second-order valence-electron chi connectivity index (χ2n) is 6.90. The van der Waals surface area contributed by atoms with Crippen molar-refractivity contribution in [1.29, 1.82) is 0 Å². The molecule has 1 aliphatic rings. The van der Waals surface area contributed by atoms with Crippen molar-refractivity contribution in [2.45, 2.75) is 12.8 Å². The number of nitrogens with zero attached hydrogens (tertiary/aromatic N) is 2. The Labute approximate surface area is 190 Å². The normalized spacial score (nSPS) is 16.4. The Kier molecular flexibility index (Phi) is 11.0. The van der Waals surface area contributed by atoms with E-state index >= 15 is 0 Å². The lowest BCUT2D eigenvalue weighted by Gasteiger charge is -2.13. The summed E-state index contributed by atoms with van der Waals surface area (Å²) < 4.78 is 11.1. The molecule has 1 unspecified atom stereocenters. The molecule has 8 heteroatoms. The second-order valence-corrected chi connectivity index (χ2v) is 6.90. The van der Waals surface area contributed by atoms with Gasteiger partial charge in [-0.05, 0) is 31.0 Å². The zero-order chi connectivity index (χ0) is 19.4. The summed E-state index contributed by atoms with van der Waals surface area (Å²) in [4.78, 5) is 8.86. The topological polar surface area (TPSA) is 79.8 Å². The number of anilines is 1. The van der Waals surface area contributed by atoms with Gasteiger partial charge in [-0.2, -0.15) is 0 Å². The van der Waals surface area contributed by atoms with Crippen molar-refractivity contribution in [2.24, 2.45) is 10.9 Å². The zero-order valence-electron chi connectivity index (χ0n) is 17.0. The number of ether oxygens (including phenoxy) is 2. The van der Waals surface area contributed by atoms with Gasteiger partial charge in [0.1, 0.15) is 5.82 Å². The summed E-state index contributed by atoms with van der Waals surface area (Å²) in [6.45, 7) is 5.64. The molecule has 1 atom stereocenters. The van der Waals surface area contributed by atoms with Crippen LogP contribution in [-0.2, 0) is 9.47 Å². The number of aliphatic imine (C=N–C) groups is 1. The molecule has 1 fully saturated rings. The monoisotopic (exact) mass is 513 g/mol. The molecule has 0 amide bonds. The lowest BCUT2D eigenvalue weighted by Crippen LogP contribution is -2.40. The van der Waals surface area contributed by atoms with Gasteiger partial charge in [-0.15, -0.1) is 24.0 Å². The lowest BCUT2D eigenvalue weighted by atomic mass is 10.1. The molecule has 2 aromatic rings. The smallest absolute Gasteiger partial charge is 0.191 e. The standard InChI is InChI=1S/C21H31N5O2.HI/c1-22-21(24-10-4-13-27-15-17-9-14-28-16-17)25-12-11-23-20-8-7-18-5-2-3-6-19(18)26-20;/h2-3,5-8,17H,4,9-16H2,1H3,(H,23,26)(H2,22,24,25);1H. The SMILES string of the molecule is CN=C(NCCCOCC1CCOC1)NCCNc1ccc2ccccc2n1.I. The molecule has 0 spiro atoms. The Balaban J connectivity index is 0.00000300. The molecular weight excluding hydrogens is 481 g/mol. The number of fused-ring (bicyclic) bond motifs is 1. The third kappa shape index (κ3) is 8.31. The van der Waals surface area contributed by atoms with Crippen molar-refractivity contribution in [3.05, 3.63) is 36.4 Å². The van der Waals surface area contributed by atoms with E-state index in [1.54, 1.807) is 7.05 Å². The molecular formula is C21H32IN5O2. The largest absolute Gasteiger partial charge is 0.381 e. The molecule has 0 bridgehead atoms. The zero-order valence-corrected chi connectivity index (χ0v) is 19.4. The quantitative estimate of drug-likeness (QED) is 0.196. The van der Waals surface area contributed by atoms with Crippen LogP contribution in [0.15, 0.2) is 41.4 Å². The number of aromatic nitrogens is 1. The van der Waals surface area contributed by atoms with Crippen LogP contribution in [0.2, 0.25) is 0 Å². The Bertz CT molecular complexity index is 753. The van der Waals surface area contributed by atoms with Gasteiger partial charge in [0.05, 0.1) is 18.7 Å². The summed E-state index contributed by atoms with van der Waals surface area (Å²) in [6.07, 6.45) is 2.07. The third-order valence-corrected chi connectivity index (χ3v) is 4.68. The highest BCUT2D eigenvalue weighted by atomic mass is 127. The Morgan fingerprint density at radius 3 is 2.86 bits per heavy atom. The van der Waals surface area contributed by atoms with Crippen LogP contribution in [0.3, 0.4) is 0 Å². The highest BCUT2D eigenvalue weighted by Crippen LogP contribution is 2.14. The maximum Gasteiger partial charge on any atom is 0.191 e. The van der Waals surface area contributed by atoms with Crippen molar-refractivity contribution < 1.29 is 9.47 Å². The van der Waals surface area contributed by atoms with Crippen LogP contribution in [0.5, 0.6) is 0 Å². The van der Waals surface area contributed by atoms with E-state index in [-0.39, 0.29) is 24.0 Å². The van der Waals surface area contributed by atoms with Gasteiger partial charge in [0.15, 0.2) is 5.96 Å². The first kappa shape index (κ1) is 23.6. The number of hydrogen-bond donors (Lipinski definition) is 3. The fourth-order valence-electron chi connectivity index (χ4n) is 3.10. The molecule has 1 aliphatic heterocycles. The first-order chi connectivity index (χ1) is 13.8. The minimum absolute atomic E-state index is 0. The van der Waals surface area contributed by atoms with Crippen molar-refractivity contribution in [3.63, 3.8) is 0 Å². The van der Waals surface area contributed by atoms with Crippen molar-refractivity contribution in [1.82, 2.24) is 15.6 Å². The number of halogens is 1. The van der Waals surface area contributed by atoms with Crippen molar-refractivity contribution >= 4 is 46.7 Å². The number of nitrogens with one attached hydrogen (secondary N) is 3. The molecule has 0 radical (unpaired) electrons. The number of benzene rings is 1. The van der Waals surface area contributed by atoms with Crippen LogP contribution in [0, 0.1) is 5.92 Å². The van der Waals surface area contributed by atoms with Crippen LogP contribution in [-0.4, -0.2) is 64.1 Å². The first-order valence-electron chi connectivity index (χ1n) is 10.0. The van der Waals surface area contributed by atoms with E-state index in [2.05, 4.69) is 38.1 Å². The van der Waals surface area contributed by atoms with Crippen molar-refractivity contribution in [2.75, 3.05) is 58.4 Å². The van der Waals surface area contributed by atoms with Crippen molar-refractivity contribution in [3.8, 4) is 0 Å². The maximum absolute atomic E-state index is 5.71. The summed E-state index contributed by atoms with van der Waals surface area (Å²) >= 11 is 0. The molecule has 7 nitrogen and oxygen atoms in total. The number of hydrogen-bond acceptors (Lipinski definition) is 5. The molecule has 1 saturated heterocycles.